The van der Waals surface area contributed by atoms with E-state index >= 15 is 0 Å². The lowest BCUT2D eigenvalue weighted by Crippen LogP contribution is -2.18. The second-order valence-electron chi connectivity index (χ2n) is 4.79. The number of fused-ring (bicyclic) bond motifs is 1. The van der Waals surface area contributed by atoms with E-state index in [0.29, 0.717) is 16.4 Å². The molecule has 0 aliphatic carbocycles. The third-order valence-electron chi connectivity index (χ3n) is 3.06. The first-order chi connectivity index (χ1) is 11.0. The molecule has 0 saturated carbocycles. The van der Waals surface area contributed by atoms with Gasteiger partial charge in [-0.2, -0.15) is 18.6 Å². The van der Waals surface area contributed by atoms with E-state index in [0.717, 1.165) is 5.56 Å². The van der Waals surface area contributed by atoms with E-state index in [2.05, 4.69) is 20.0 Å². The van der Waals surface area contributed by atoms with Crippen molar-refractivity contribution in [3.8, 4) is 0 Å². The zero-order chi connectivity index (χ0) is 16.4. The van der Waals surface area contributed by atoms with Crippen LogP contribution in [0.4, 0.5) is 0 Å². The van der Waals surface area contributed by atoms with Gasteiger partial charge >= 0.3 is 0 Å². The number of benzene rings is 1. The van der Waals surface area contributed by atoms with Crippen molar-refractivity contribution < 1.29 is 8.42 Å². The van der Waals surface area contributed by atoms with Crippen molar-refractivity contribution in [2.24, 2.45) is 5.10 Å². The number of imidazole rings is 1. The van der Waals surface area contributed by atoms with E-state index < -0.39 is 10.0 Å². The quantitative estimate of drug-likeness (QED) is 0.576. The highest BCUT2D eigenvalue weighted by atomic mass is 35.5. The average molecular weight is 350 g/mol. The zero-order valence-corrected chi connectivity index (χ0v) is 13.6. The summed E-state index contributed by atoms with van der Waals surface area (Å²) in [7, 11) is -3.71. The number of sulfonamides is 1. The summed E-state index contributed by atoms with van der Waals surface area (Å²) >= 11 is 5.83. The molecule has 0 saturated heterocycles. The third-order valence-corrected chi connectivity index (χ3v) is 4.50. The molecule has 0 aliphatic heterocycles. The number of halogens is 1. The molecule has 3 aromatic rings. The Hall–Kier alpha value is -2.45. The summed E-state index contributed by atoms with van der Waals surface area (Å²) in [5, 5.41) is 8.30. The molecule has 0 amide bonds. The second-order valence-corrected chi connectivity index (χ2v) is 6.89. The largest absolute Gasteiger partial charge is 0.276 e. The SMILES string of the molecule is Cc1ccc(S(=O)(=O)N/N=C\c2cnc3cc(Cl)cnn23)cc1. The van der Waals surface area contributed by atoms with Gasteiger partial charge in [0, 0.05) is 6.07 Å². The van der Waals surface area contributed by atoms with Gasteiger partial charge in [-0.05, 0) is 19.1 Å². The lowest BCUT2D eigenvalue weighted by molar-refractivity contribution is 0.584. The van der Waals surface area contributed by atoms with Crippen LogP contribution in [0.2, 0.25) is 5.02 Å². The van der Waals surface area contributed by atoms with Crippen molar-refractivity contribution in [3.63, 3.8) is 0 Å². The number of rotatable bonds is 4. The third kappa shape index (κ3) is 3.33. The summed E-state index contributed by atoms with van der Waals surface area (Å²) in [5.41, 5.74) is 2.03. The molecule has 0 unspecified atom stereocenters. The molecule has 23 heavy (non-hydrogen) atoms. The van der Waals surface area contributed by atoms with Crippen molar-refractivity contribution in [1.82, 2.24) is 19.4 Å². The number of nitrogens with zero attached hydrogens (tertiary/aromatic N) is 4. The summed E-state index contributed by atoms with van der Waals surface area (Å²) in [4.78, 5) is 6.41. The van der Waals surface area contributed by atoms with Crippen LogP contribution in [0, 0.1) is 6.92 Å². The van der Waals surface area contributed by atoms with Gasteiger partial charge in [0.05, 0.1) is 28.5 Å². The molecular weight excluding hydrogens is 338 g/mol. The van der Waals surface area contributed by atoms with E-state index in [4.69, 9.17) is 11.6 Å². The minimum Gasteiger partial charge on any atom is -0.235 e. The molecule has 1 N–H and O–H groups in total. The van der Waals surface area contributed by atoms with E-state index in [-0.39, 0.29) is 4.90 Å². The Labute approximate surface area is 137 Å². The lowest BCUT2D eigenvalue weighted by Gasteiger charge is -2.03. The first-order valence-electron chi connectivity index (χ1n) is 6.56. The number of aromatic nitrogens is 3. The van der Waals surface area contributed by atoms with Crippen LogP contribution >= 0.6 is 11.6 Å². The van der Waals surface area contributed by atoms with Crippen LogP contribution in [0.1, 0.15) is 11.3 Å². The fourth-order valence-electron chi connectivity index (χ4n) is 1.89. The molecule has 2 aromatic heterocycles. The molecule has 1 aromatic carbocycles. The highest BCUT2D eigenvalue weighted by Crippen LogP contribution is 2.11. The van der Waals surface area contributed by atoms with E-state index in [9.17, 15) is 8.42 Å². The molecule has 0 radical (unpaired) electrons. The molecule has 9 heteroatoms. The number of hydrazone groups is 1. The normalized spacial score (nSPS) is 12.1. The topological polar surface area (TPSA) is 88.7 Å². The molecule has 0 bridgehead atoms. The van der Waals surface area contributed by atoms with Crippen LogP contribution in [0.3, 0.4) is 0 Å². The number of hydrogen-bond donors (Lipinski definition) is 1. The standard InChI is InChI=1S/C14H12ClN5O2S/c1-10-2-4-13(5-3-10)23(21,22)19-17-9-12-8-16-14-6-11(15)7-18-20(12)14/h2-9,19H,1H3/b17-9-. The van der Waals surface area contributed by atoms with E-state index in [1.54, 1.807) is 18.2 Å². The smallest absolute Gasteiger partial charge is 0.235 e. The summed E-state index contributed by atoms with van der Waals surface area (Å²) in [6, 6.07) is 8.12. The van der Waals surface area contributed by atoms with Crippen LogP contribution in [0.25, 0.3) is 5.65 Å². The molecule has 118 valence electrons. The summed E-state index contributed by atoms with van der Waals surface area (Å²) in [6.45, 7) is 1.88. The van der Waals surface area contributed by atoms with Gasteiger partial charge in [-0.1, -0.05) is 29.3 Å². The molecule has 3 rings (SSSR count). The minimum atomic E-state index is -3.71. The van der Waals surface area contributed by atoms with E-state index in [1.807, 2.05) is 6.92 Å². The molecule has 0 spiro atoms. The van der Waals surface area contributed by atoms with Crippen LogP contribution in [0.5, 0.6) is 0 Å². The Morgan fingerprint density at radius 1 is 1.26 bits per heavy atom. The van der Waals surface area contributed by atoms with Crippen molar-refractivity contribution in [2.75, 3.05) is 0 Å². The van der Waals surface area contributed by atoms with Crippen LogP contribution in [-0.4, -0.2) is 29.2 Å². The summed E-state index contributed by atoms with van der Waals surface area (Å²) < 4.78 is 25.7. The van der Waals surface area contributed by atoms with Gasteiger partial charge in [0.15, 0.2) is 5.65 Å². The van der Waals surface area contributed by atoms with Gasteiger partial charge in [0.2, 0.25) is 0 Å². The first kappa shape index (κ1) is 15.4. The fraction of sp³-hybridized carbons (Fsp3) is 0.0714. The van der Waals surface area contributed by atoms with Gasteiger partial charge in [0.25, 0.3) is 10.0 Å². The maximum Gasteiger partial charge on any atom is 0.276 e. The minimum absolute atomic E-state index is 0.142. The fourth-order valence-corrected chi connectivity index (χ4v) is 2.82. The monoisotopic (exact) mass is 349 g/mol. The Morgan fingerprint density at radius 2 is 2.00 bits per heavy atom. The Bertz CT molecular complexity index is 980. The number of aryl methyl sites for hydroxylation is 1. The van der Waals surface area contributed by atoms with Gasteiger partial charge in [-0.15, -0.1) is 0 Å². The average Bonchev–Trinajstić information content (AvgIpc) is 2.90. The molecular formula is C14H12ClN5O2S. The highest BCUT2D eigenvalue weighted by molar-refractivity contribution is 7.89. The molecule has 0 fully saturated rings. The van der Waals surface area contributed by atoms with Crippen molar-refractivity contribution in [2.45, 2.75) is 11.8 Å². The van der Waals surface area contributed by atoms with Crippen molar-refractivity contribution in [3.05, 3.63) is 59.0 Å². The van der Waals surface area contributed by atoms with Crippen LogP contribution in [-0.2, 0) is 10.0 Å². The molecule has 0 atom stereocenters. The van der Waals surface area contributed by atoms with Gasteiger partial charge in [0.1, 0.15) is 5.69 Å². The molecule has 2 heterocycles. The predicted molar refractivity (Wildman–Crippen MR) is 87.1 cm³/mol. The lowest BCUT2D eigenvalue weighted by atomic mass is 10.2. The van der Waals surface area contributed by atoms with Crippen molar-refractivity contribution in [1.29, 1.82) is 0 Å². The summed E-state index contributed by atoms with van der Waals surface area (Å²) in [5.74, 6) is 0. The Morgan fingerprint density at radius 3 is 2.74 bits per heavy atom. The van der Waals surface area contributed by atoms with E-state index in [1.165, 1.54) is 35.3 Å². The van der Waals surface area contributed by atoms with Crippen LogP contribution in [0.15, 0.2) is 52.7 Å². The second kappa shape index (κ2) is 5.98. The first-order valence-corrected chi connectivity index (χ1v) is 8.43. The zero-order valence-electron chi connectivity index (χ0n) is 12.0. The van der Waals surface area contributed by atoms with Crippen molar-refractivity contribution >= 4 is 33.5 Å². The maximum absolute atomic E-state index is 12.1. The number of nitrogens with one attached hydrogen (secondary N) is 1. The summed E-state index contributed by atoms with van der Waals surface area (Å²) in [6.07, 6.45) is 4.30. The Balaban J connectivity index is 1.81. The van der Waals surface area contributed by atoms with Gasteiger partial charge in [-0.3, -0.25) is 0 Å². The molecule has 7 nitrogen and oxygen atoms in total. The maximum atomic E-state index is 12.1. The predicted octanol–water partition coefficient (Wildman–Crippen LogP) is 2.00. The van der Waals surface area contributed by atoms with Crippen LogP contribution < -0.4 is 4.83 Å². The molecule has 0 aliphatic rings. The van der Waals surface area contributed by atoms with Gasteiger partial charge in [-0.25, -0.2) is 14.3 Å². The van der Waals surface area contributed by atoms with Gasteiger partial charge < -0.3 is 0 Å². The Kier molecular flexibility index (Phi) is 4.01. The highest BCUT2D eigenvalue weighted by Gasteiger charge is 2.12. The number of hydrogen-bond acceptors (Lipinski definition) is 5.